The predicted molar refractivity (Wildman–Crippen MR) is 114 cm³/mol. The lowest BCUT2D eigenvalue weighted by Gasteiger charge is -2.33. The van der Waals surface area contributed by atoms with Crippen LogP contribution < -0.4 is 5.32 Å². The molecule has 1 fully saturated rings. The molecule has 0 aromatic heterocycles. The maximum Gasteiger partial charge on any atom is 0.243 e. The number of sulfonamides is 1. The molecule has 1 heterocycles. The van der Waals surface area contributed by atoms with Crippen molar-refractivity contribution in [1.29, 1.82) is 0 Å². The van der Waals surface area contributed by atoms with Gasteiger partial charge in [-0.15, -0.1) is 0 Å². The van der Waals surface area contributed by atoms with Crippen molar-refractivity contribution in [3.63, 3.8) is 0 Å². The van der Waals surface area contributed by atoms with Gasteiger partial charge >= 0.3 is 0 Å². The number of piperazine rings is 1. The first kappa shape index (κ1) is 22.4. The molecule has 0 unspecified atom stereocenters. The topological polar surface area (TPSA) is 69.7 Å². The molecule has 3 rings (SSSR count). The predicted octanol–water partition coefficient (Wildman–Crippen LogP) is 2.57. The molecule has 1 aliphatic heterocycles. The Balaban J connectivity index is 1.50. The highest BCUT2D eigenvalue weighted by Crippen LogP contribution is 2.18. The van der Waals surface area contributed by atoms with E-state index in [0.717, 1.165) is 24.1 Å². The van der Waals surface area contributed by atoms with Gasteiger partial charge in [-0.3, -0.25) is 9.69 Å². The van der Waals surface area contributed by atoms with Crippen molar-refractivity contribution in [3.8, 4) is 0 Å². The van der Waals surface area contributed by atoms with Crippen LogP contribution >= 0.6 is 0 Å². The Bertz CT molecular complexity index is 954. The van der Waals surface area contributed by atoms with Crippen LogP contribution in [0.25, 0.3) is 0 Å². The van der Waals surface area contributed by atoms with Gasteiger partial charge in [-0.25, -0.2) is 12.8 Å². The van der Waals surface area contributed by atoms with Crippen LogP contribution in [0.5, 0.6) is 0 Å². The van der Waals surface area contributed by atoms with Gasteiger partial charge in [0.2, 0.25) is 15.9 Å². The third-order valence-corrected chi connectivity index (χ3v) is 7.33. The average molecular weight is 434 g/mol. The Morgan fingerprint density at radius 2 is 1.63 bits per heavy atom. The molecular weight excluding hydrogens is 405 g/mol. The number of hydrogen-bond acceptors (Lipinski definition) is 4. The summed E-state index contributed by atoms with van der Waals surface area (Å²) in [6.45, 7) is 5.79. The smallest absolute Gasteiger partial charge is 0.243 e. The van der Waals surface area contributed by atoms with Crippen LogP contribution in [0.15, 0.2) is 53.4 Å². The molecule has 0 spiro atoms. The molecule has 1 aliphatic rings. The van der Waals surface area contributed by atoms with Crippen LogP contribution in [0.2, 0.25) is 0 Å². The van der Waals surface area contributed by atoms with Crippen molar-refractivity contribution in [2.75, 3.05) is 32.7 Å². The lowest BCUT2D eigenvalue weighted by Crippen LogP contribution is -2.51. The maximum atomic E-state index is 13.1. The number of aryl methyl sites for hydroxylation is 1. The summed E-state index contributed by atoms with van der Waals surface area (Å²) in [7, 11) is -3.65. The Morgan fingerprint density at radius 1 is 1.03 bits per heavy atom. The molecule has 2 aromatic rings. The van der Waals surface area contributed by atoms with Gasteiger partial charge in [0.15, 0.2) is 0 Å². The van der Waals surface area contributed by atoms with E-state index >= 15 is 0 Å². The number of benzene rings is 2. The first-order valence-corrected chi connectivity index (χ1v) is 11.6. The maximum absolute atomic E-state index is 13.1. The van der Waals surface area contributed by atoms with Crippen LogP contribution in [0, 0.1) is 5.82 Å². The van der Waals surface area contributed by atoms with Gasteiger partial charge in [0.25, 0.3) is 0 Å². The molecular formula is C22H28FN3O3S. The van der Waals surface area contributed by atoms with Crippen molar-refractivity contribution in [3.05, 3.63) is 65.5 Å². The number of hydrogen-bond donors (Lipinski definition) is 1. The van der Waals surface area contributed by atoms with Crippen molar-refractivity contribution in [2.45, 2.75) is 31.2 Å². The van der Waals surface area contributed by atoms with Gasteiger partial charge in [0.05, 0.1) is 17.5 Å². The molecule has 1 atom stereocenters. The van der Waals surface area contributed by atoms with Crippen LogP contribution in [-0.4, -0.2) is 56.3 Å². The molecule has 30 heavy (non-hydrogen) atoms. The van der Waals surface area contributed by atoms with E-state index in [0.29, 0.717) is 26.2 Å². The Labute approximate surface area is 177 Å². The summed E-state index contributed by atoms with van der Waals surface area (Å²) < 4.78 is 39.8. The van der Waals surface area contributed by atoms with E-state index in [4.69, 9.17) is 0 Å². The van der Waals surface area contributed by atoms with Crippen molar-refractivity contribution in [2.24, 2.45) is 0 Å². The summed E-state index contributed by atoms with van der Waals surface area (Å²) in [4.78, 5) is 14.5. The second-order valence-corrected chi connectivity index (χ2v) is 9.46. The van der Waals surface area contributed by atoms with Gasteiger partial charge in [-0.2, -0.15) is 4.31 Å². The average Bonchev–Trinajstić information content (AvgIpc) is 2.74. The molecule has 0 bridgehead atoms. The number of nitrogens with zero attached hydrogens (tertiary/aromatic N) is 2. The number of amides is 1. The first-order chi connectivity index (χ1) is 14.3. The van der Waals surface area contributed by atoms with E-state index < -0.39 is 15.8 Å². The largest absolute Gasteiger partial charge is 0.348 e. The summed E-state index contributed by atoms with van der Waals surface area (Å²) >= 11 is 0. The molecule has 1 N–H and O–H groups in total. The van der Waals surface area contributed by atoms with E-state index in [2.05, 4.69) is 24.4 Å². The molecule has 6 nitrogen and oxygen atoms in total. The molecule has 162 valence electrons. The number of carbonyl (C=O) groups excluding carboxylic acids is 1. The van der Waals surface area contributed by atoms with E-state index in [1.54, 1.807) is 0 Å². The molecule has 8 heteroatoms. The molecule has 0 radical (unpaired) electrons. The molecule has 0 saturated carbocycles. The Kier molecular flexibility index (Phi) is 7.23. The third-order valence-electron chi connectivity index (χ3n) is 5.42. The van der Waals surface area contributed by atoms with Crippen molar-refractivity contribution < 1.29 is 17.6 Å². The van der Waals surface area contributed by atoms with Gasteiger partial charge in [0, 0.05) is 26.2 Å². The van der Waals surface area contributed by atoms with Gasteiger partial charge in [0.1, 0.15) is 5.82 Å². The molecule has 2 aromatic carbocycles. The number of halogens is 1. The fourth-order valence-electron chi connectivity index (χ4n) is 3.50. The summed E-state index contributed by atoms with van der Waals surface area (Å²) in [5, 5.41) is 3.01. The highest BCUT2D eigenvalue weighted by atomic mass is 32.2. The minimum atomic E-state index is -3.65. The second kappa shape index (κ2) is 9.68. The fourth-order valence-corrected chi connectivity index (χ4v) is 4.92. The molecule has 1 saturated heterocycles. The Hall–Kier alpha value is -2.29. The SMILES string of the molecule is CCc1ccc([C@@H](C)NC(=O)CN2CCN(S(=O)(=O)c3ccc(F)cc3)CC2)cc1. The molecule has 1 amide bonds. The summed E-state index contributed by atoms with van der Waals surface area (Å²) in [6, 6.07) is 12.9. The van der Waals surface area contributed by atoms with E-state index in [1.165, 1.54) is 22.0 Å². The van der Waals surface area contributed by atoms with E-state index in [-0.39, 0.29) is 23.4 Å². The Morgan fingerprint density at radius 3 is 2.20 bits per heavy atom. The first-order valence-electron chi connectivity index (χ1n) is 10.2. The fraction of sp³-hybridized carbons (Fsp3) is 0.409. The van der Waals surface area contributed by atoms with E-state index in [9.17, 15) is 17.6 Å². The van der Waals surface area contributed by atoms with Crippen LogP contribution in [0.3, 0.4) is 0 Å². The van der Waals surface area contributed by atoms with Gasteiger partial charge in [-0.05, 0) is 48.7 Å². The minimum Gasteiger partial charge on any atom is -0.348 e. The molecule has 0 aliphatic carbocycles. The van der Waals surface area contributed by atoms with Crippen LogP contribution in [0.4, 0.5) is 4.39 Å². The highest BCUT2D eigenvalue weighted by molar-refractivity contribution is 7.89. The quantitative estimate of drug-likeness (QED) is 0.729. The standard InChI is InChI=1S/C22H28FN3O3S/c1-3-18-4-6-19(7-5-18)17(2)24-22(27)16-25-12-14-26(15-13-25)30(28,29)21-10-8-20(23)9-11-21/h4-11,17H,3,12-16H2,1-2H3,(H,24,27)/t17-/m1/s1. The summed E-state index contributed by atoms with van der Waals surface area (Å²) in [5.74, 6) is -0.558. The van der Waals surface area contributed by atoms with Gasteiger partial charge < -0.3 is 5.32 Å². The number of carbonyl (C=O) groups is 1. The zero-order chi connectivity index (χ0) is 21.7. The number of rotatable bonds is 7. The van der Waals surface area contributed by atoms with Crippen LogP contribution in [0.1, 0.15) is 31.0 Å². The second-order valence-electron chi connectivity index (χ2n) is 7.52. The normalized spacial score (nSPS) is 16.9. The van der Waals surface area contributed by atoms with E-state index in [1.807, 2.05) is 24.0 Å². The zero-order valence-electron chi connectivity index (χ0n) is 17.3. The van der Waals surface area contributed by atoms with Crippen LogP contribution in [-0.2, 0) is 21.2 Å². The summed E-state index contributed by atoms with van der Waals surface area (Å²) in [5.41, 5.74) is 2.31. The lowest BCUT2D eigenvalue weighted by molar-refractivity contribution is -0.123. The minimum absolute atomic E-state index is 0.0815. The van der Waals surface area contributed by atoms with Crippen molar-refractivity contribution >= 4 is 15.9 Å². The third kappa shape index (κ3) is 5.44. The summed E-state index contributed by atoms with van der Waals surface area (Å²) in [6.07, 6.45) is 0.976. The zero-order valence-corrected chi connectivity index (χ0v) is 18.2. The lowest BCUT2D eigenvalue weighted by atomic mass is 10.1. The monoisotopic (exact) mass is 433 g/mol. The van der Waals surface area contributed by atoms with Crippen molar-refractivity contribution in [1.82, 2.24) is 14.5 Å². The number of nitrogens with one attached hydrogen (secondary N) is 1. The highest BCUT2D eigenvalue weighted by Gasteiger charge is 2.29. The van der Waals surface area contributed by atoms with Gasteiger partial charge in [-0.1, -0.05) is 31.2 Å².